The van der Waals surface area contributed by atoms with Gasteiger partial charge in [0.25, 0.3) is 0 Å². The lowest BCUT2D eigenvalue weighted by Gasteiger charge is -2.24. The average Bonchev–Trinajstić information content (AvgIpc) is 2.50. The molecule has 0 spiro atoms. The van der Waals surface area contributed by atoms with E-state index in [9.17, 15) is 0 Å². The maximum atomic E-state index is 3.08. The molecular formula is C28H40. The Bertz CT molecular complexity index is 713. The quantitative estimate of drug-likeness (QED) is 0.462. The molecule has 0 nitrogen and oxygen atoms in total. The third-order valence-corrected chi connectivity index (χ3v) is 3.54. The van der Waals surface area contributed by atoms with Crippen LogP contribution in [0.15, 0.2) is 0 Å². The fourth-order valence-electron chi connectivity index (χ4n) is 3.11. The summed E-state index contributed by atoms with van der Waals surface area (Å²) in [5.41, 5.74) is 0.508. The summed E-state index contributed by atoms with van der Waals surface area (Å²) in [6.45, 7) is 22.2. The van der Waals surface area contributed by atoms with Gasteiger partial charge >= 0.3 is 0 Å². The van der Waals surface area contributed by atoms with Crippen LogP contribution in [0.5, 0.6) is 0 Å². The summed E-state index contributed by atoms with van der Waals surface area (Å²) in [4.78, 5) is 0. The Morgan fingerprint density at radius 2 is 1.04 bits per heavy atom. The summed E-state index contributed by atoms with van der Waals surface area (Å²) in [5.74, 6) is 29.6. The Morgan fingerprint density at radius 1 is 0.607 bits per heavy atom. The molecule has 152 valence electrons. The first-order chi connectivity index (χ1) is 13.0. The molecule has 0 saturated carbocycles. The van der Waals surface area contributed by atoms with Crippen molar-refractivity contribution in [2.24, 2.45) is 29.1 Å². The minimum absolute atomic E-state index is 0.386. The van der Waals surface area contributed by atoms with E-state index in [4.69, 9.17) is 0 Å². The maximum Gasteiger partial charge on any atom is 0.0187 e. The van der Waals surface area contributed by atoms with Crippen LogP contribution in [0.25, 0.3) is 0 Å². The highest BCUT2D eigenvalue weighted by molar-refractivity contribution is 5.42. The highest BCUT2D eigenvalue weighted by atomic mass is 14.2. The predicted molar refractivity (Wildman–Crippen MR) is 126 cm³/mol. The van der Waals surface area contributed by atoms with Crippen molar-refractivity contribution < 1.29 is 0 Å². The fraction of sp³-hybridized carbons (Fsp3) is 0.643. The van der Waals surface area contributed by atoms with Crippen molar-refractivity contribution in [3.05, 3.63) is 0 Å². The van der Waals surface area contributed by atoms with Gasteiger partial charge in [-0.3, -0.25) is 0 Å². The van der Waals surface area contributed by atoms with Crippen LogP contribution in [0.1, 0.15) is 88.5 Å². The Balaban J connectivity index is 0. The predicted octanol–water partition coefficient (Wildman–Crippen LogP) is 6.81. The SMILES string of the molecule is CC#CC#CC#CC#CC#CC(C)CC(C)C.CC(C)CC(C)CC(C)(C)C. The number of hydrogen-bond acceptors (Lipinski definition) is 0. The van der Waals surface area contributed by atoms with Crippen LogP contribution in [0, 0.1) is 88.3 Å². The Hall–Kier alpha value is -2.20. The molecule has 0 aromatic carbocycles. The van der Waals surface area contributed by atoms with Crippen LogP contribution in [-0.2, 0) is 0 Å². The van der Waals surface area contributed by atoms with E-state index in [1.807, 2.05) is 0 Å². The van der Waals surface area contributed by atoms with E-state index < -0.39 is 0 Å². The molecule has 2 unspecified atom stereocenters. The normalized spacial score (nSPS) is 11.3. The minimum Gasteiger partial charge on any atom is -0.0925 e. The second kappa shape index (κ2) is 16.9. The summed E-state index contributed by atoms with van der Waals surface area (Å²) in [5, 5.41) is 0. The van der Waals surface area contributed by atoms with E-state index in [1.165, 1.54) is 12.8 Å². The molecule has 0 aromatic heterocycles. The molecule has 2 atom stereocenters. The molecule has 0 rings (SSSR count). The van der Waals surface area contributed by atoms with Gasteiger partial charge in [0, 0.05) is 5.92 Å². The molecule has 0 aliphatic carbocycles. The topological polar surface area (TPSA) is 0 Å². The molecule has 0 bridgehead atoms. The van der Waals surface area contributed by atoms with Gasteiger partial charge in [0.15, 0.2) is 0 Å². The van der Waals surface area contributed by atoms with Gasteiger partial charge in [-0.2, -0.15) is 0 Å². The van der Waals surface area contributed by atoms with E-state index in [2.05, 4.69) is 122 Å². The lowest BCUT2D eigenvalue weighted by Crippen LogP contribution is -2.12. The van der Waals surface area contributed by atoms with E-state index in [0.29, 0.717) is 17.3 Å². The molecule has 0 aliphatic heterocycles. The van der Waals surface area contributed by atoms with E-state index in [1.54, 1.807) is 6.92 Å². The van der Waals surface area contributed by atoms with E-state index in [-0.39, 0.29) is 0 Å². The fourth-order valence-corrected chi connectivity index (χ4v) is 3.11. The average molecular weight is 377 g/mol. The molecule has 28 heavy (non-hydrogen) atoms. The smallest absolute Gasteiger partial charge is 0.0187 e. The number of rotatable bonds is 5. The first kappa shape index (κ1) is 28.0. The summed E-state index contributed by atoms with van der Waals surface area (Å²) < 4.78 is 0. The largest absolute Gasteiger partial charge is 0.0925 e. The lowest BCUT2D eigenvalue weighted by molar-refractivity contribution is 0.278. The zero-order chi connectivity index (χ0) is 22.0. The third kappa shape index (κ3) is 26.0. The first-order valence-corrected chi connectivity index (χ1v) is 10.4. The Morgan fingerprint density at radius 3 is 1.43 bits per heavy atom. The van der Waals surface area contributed by atoms with Crippen LogP contribution in [0.3, 0.4) is 0 Å². The van der Waals surface area contributed by atoms with Crippen molar-refractivity contribution in [3.63, 3.8) is 0 Å². The van der Waals surface area contributed by atoms with Crippen molar-refractivity contribution in [1.82, 2.24) is 0 Å². The van der Waals surface area contributed by atoms with E-state index in [0.717, 1.165) is 18.3 Å². The summed E-state index contributed by atoms with van der Waals surface area (Å²) in [7, 11) is 0. The first-order valence-electron chi connectivity index (χ1n) is 10.4. The van der Waals surface area contributed by atoms with Crippen LogP contribution in [0.4, 0.5) is 0 Å². The van der Waals surface area contributed by atoms with Gasteiger partial charge in [-0.1, -0.05) is 74.2 Å². The van der Waals surface area contributed by atoms with Gasteiger partial charge in [0.1, 0.15) is 0 Å². The lowest BCUT2D eigenvalue weighted by atomic mass is 9.82. The molecule has 0 heteroatoms. The molecule has 0 N–H and O–H groups in total. The number of hydrogen-bond donors (Lipinski definition) is 0. The zero-order valence-electron chi connectivity index (χ0n) is 19.9. The Kier molecular flexibility index (Phi) is 16.9. The van der Waals surface area contributed by atoms with Gasteiger partial charge < -0.3 is 0 Å². The van der Waals surface area contributed by atoms with Crippen molar-refractivity contribution in [1.29, 1.82) is 0 Å². The maximum absolute atomic E-state index is 3.08. The monoisotopic (exact) mass is 376 g/mol. The second-order valence-corrected chi connectivity index (χ2v) is 9.42. The van der Waals surface area contributed by atoms with Crippen molar-refractivity contribution >= 4 is 0 Å². The summed E-state index contributed by atoms with van der Waals surface area (Å²) >= 11 is 0. The van der Waals surface area contributed by atoms with Gasteiger partial charge in [-0.05, 0) is 96.7 Å². The van der Waals surface area contributed by atoms with E-state index >= 15 is 0 Å². The van der Waals surface area contributed by atoms with Crippen molar-refractivity contribution in [3.8, 4) is 59.2 Å². The van der Waals surface area contributed by atoms with Crippen LogP contribution in [-0.4, -0.2) is 0 Å². The second-order valence-electron chi connectivity index (χ2n) is 9.42. The molecule has 0 radical (unpaired) electrons. The molecular weight excluding hydrogens is 336 g/mol. The zero-order valence-corrected chi connectivity index (χ0v) is 19.9. The standard InChI is InChI=1S/C17H16.C11H24/c1-5-6-7-8-9-10-11-12-13-14-17(4)15-16(2)3;1-9(2)7-10(3)8-11(4,5)6/h16-17H,15H2,1-4H3;9-10H,7-8H2,1-6H3. The Labute approximate surface area is 177 Å². The third-order valence-electron chi connectivity index (χ3n) is 3.54. The molecule has 0 heterocycles. The van der Waals surface area contributed by atoms with Gasteiger partial charge in [-0.15, -0.1) is 0 Å². The van der Waals surface area contributed by atoms with Crippen LogP contribution in [0.2, 0.25) is 0 Å². The molecule has 0 amide bonds. The van der Waals surface area contributed by atoms with Gasteiger partial charge in [0.2, 0.25) is 0 Å². The molecule has 0 aliphatic rings. The highest BCUT2D eigenvalue weighted by Gasteiger charge is 2.15. The summed E-state index contributed by atoms with van der Waals surface area (Å²) in [6.07, 6.45) is 3.82. The molecule has 0 fully saturated rings. The van der Waals surface area contributed by atoms with Crippen LogP contribution >= 0.6 is 0 Å². The van der Waals surface area contributed by atoms with Crippen LogP contribution < -0.4 is 0 Å². The summed E-state index contributed by atoms with van der Waals surface area (Å²) in [6, 6.07) is 0. The molecule has 0 saturated heterocycles. The van der Waals surface area contributed by atoms with Gasteiger partial charge in [-0.25, -0.2) is 0 Å². The van der Waals surface area contributed by atoms with Crippen molar-refractivity contribution in [2.75, 3.05) is 0 Å². The molecule has 0 aromatic rings. The highest BCUT2D eigenvalue weighted by Crippen LogP contribution is 2.27. The van der Waals surface area contributed by atoms with Crippen molar-refractivity contribution in [2.45, 2.75) is 88.5 Å². The minimum atomic E-state index is 0.386. The van der Waals surface area contributed by atoms with Gasteiger partial charge in [0.05, 0.1) is 0 Å².